The third-order valence-corrected chi connectivity index (χ3v) is 6.90. The van der Waals surface area contributed by atoms with E-state index < -0.39 is 33.2 Å². The summed E-state index contributed by atoms with van der Waals surface area (Å²) in [6.07, 6.45) is 5.45. The van der Waals surface area contributed by atoms with Gasteiger partial charge in [-0.25, -0.2) is 8.42 Å². The van der Waals surface area contributed by atoms with Crippen molar-refractivity contribution in [2.24, 2.45) is 4.99 Å². The highest BCUT2D eigenvalue weighted by molar-refractivity contribution is 7.92. The van der Waals surface area contributed by atoms with Crippen LogP contribution in [0.25, 0.3) is 10.2 Å². The number of carbonyl (C=O) groups is 2. The van der Waals surface area contributed by atoms with Gasteiger partial charge in [0.15, 0.2) is 14.6 Å². The third-order valence-electron chi connectivity index (χ3n) is 4.49. The zero-order valence-electron chi connectivity index (χ0n) is 17.1. The normalized spacial score (nSPS) is 15.1. The Morgan fingerprint density at radius 1 is 1.29 bits per heavy atom. The second kappa shape index (κ2) is 10.1. The van der Waals surface area contributed by atoms with Crippen molar-refractivity contribution in [3.8, 4) is 18.1 Å². The summed E-state index contributed by atoms with van der Waals surface area (Å²) in [5, 5.41) is 0. The van der Waals surface area contributed by atoms with Crippen LogP contribution in [0.4, 0.5) is 0 Å². The highest BCUT2D eigenvalue weighted by Gasteiger charge is 2.25. The van der Waals surface area contributed by atoms with Gasteiger partial charge in [0.1, 0.15) is 17.3 Å². The van der Waals surface area contributed by atoms with Gasteiger partial charge in [-0.2, -0.15) is 4.99 Å². The fraction of sp³-hybridized carbons (Fsp3) is 0.450. The number of benzene rings is 1. The van der Waals surface area contributed by atoms with Gasteiger partial charge in [-0.3, -0.25) is 9.59 Å². The van der Waals surface area contributed by atoms with Gasteiger partial charge < -0.3 is 18.9 Å². The second-order valence-corrected chi connectivity index (χ2v) is 9.84. The summed E-state index contributed by atoms with van der Waals surface area (Å²) in [7, 11) is -3.96. The molecule has 2 amide bonds. The molecule has 0 atom stereocenters. The molecule has 1 fully saturated rings. The molecule has 0 bridgehead atoms. The Morgan fingerprint density at radius 2 is 2.03 bits per heavy atom. The SMILES string of the molecule is C#CCn1c(=NC(=O)CS(=O)(=O)CC(=O)N2CCOCC2)sc2cc(OCC)ccc21. The number of hydrogen-bond donors (Lipinski definition) is 0. The van der Waals surface area contributed by atoms with Crippen LogP contribution < -0.4 is 9.54 Å². The summed E-state index contributed by atoms with van der Waals surface area (Å²) in [6.45, 7) is 3.97. The Hall–Kier alpha value is -2.68. The van der Waals surface area contributed by atoms with Gasteiger partial charge in [-0.05, 0) is 25.1 Å². The number of rotatable bonds is 7. The standard InChI is InChI=1S/C20H23N3O6S2/c1-3-7-23-16-6-5-15(29-4-2)12-17(16)30-20(23)21-18(24)13-31(26,27)14-19(25)22-8-10-28-11-9-22/h1,5-6,12H,4,7-11,13-14H2,2H3. The van der Waals surface area contributed by atoms with Gasteiger partial charge in [-0.15, -0.1) is 6.42 Å². The van der Waals surface area contributed by atoms with Gasteiger partial charge in [0, 0.05) is 13.1 Å². The van der Waals surface area contributed by atoms with Crippen LogP contribution in [0.2, 0.25) is 0 Å². The van der Waals surface area contributed by atoms with Gasteiger partial charge in [-0.1, -0.05) is 17.3 Å². The Labute approximate surface area is 184 Å². The summed E-state index contributed by atoms with van der Waals surface area (Å²) in [5.74, 6) is 0.216. The Morgan fingerprint density at radius 3 is 2.71 bits per heavy atom. The molecule has 1 saturated heterocycles. The molecule has 1 aliphatic heterocycles. The third kappa shape index (κ3) is 5.94. The smallest absolute Gasteiger partial charge is 0.263 e. The molecule has 2 aromatic rings. The predicted molar refractivity (Wildman–Crippen MR) is 116 cm³/mol. The van der Waals surface area contributed by atoms with Crippen LogP contribution in [0.3, 0.4) is 0 Å². The molecular weight excluding hydrogens is 442 g/mol. The maximum absolute atomic E-state index is 12.4. The van der Waals surface area contributed by atoms with Crippen LogP contribution in [-0.2, 0) is 30.7 Å². The first-order valence-electron chi connectivity index (χ1n) is 9.66. The van der Waals surface area contributed by atoms with Crippen molar-refractivity contribution in [1.29, 1.82) is 0 Å². The highest BCUT2D eigenvalue weighted by Crippen LogP contribution is 2.23. The monoisotopic (exact) mass is 465 g/mol. The molecule has 1 aliphatic rings. The van der Waals surface area contributed by atoms with E-state index in [2.05, 4.69) is 10.9 Å². The van der Waals surface area contributed by atoms with Crippen molar-refractivity contribution in [2.75, 3.05) is 44.4 Å². The van der Waals surface area contributed by atoms with Crippen LogP contribution in [0, 0.1) is 12.3 Å². The van der Waals surface area contributed by atoms with Gasteiger partial charge in [0.25, 0.3) is 5.91 Å². The number of morpholine rings is 1. The zero-order valence-corrected chi connectivity index (χ0v) is 18.7. The van der Waals surface area contributed by atoms with Gasteiger partial charge >= 0.3 is 0 Å². The minimum Gasteiger partial charge on any atom is -0.494 e. The van der Waals surface area contributed by atoms with E-state index >= 15 is 0 Å². The first-order valence-corrected chi connectivity index (χ1v) is 12.3. The minimum atomic E-state index is -3.96. The number of thiazole rings is 1. The lowest BCUT2D eigenvalue weighted by Crippen LogP contribution is -2.43. The summed E-state index contributed by atoms with van der Waals surface area (Å²) in [5.41, 5.74) is 0.767. The zero-order chi connectivity index (χ0) is 22.4. The molecule has 0 radical (unpaired) electrons. The number of nitrogens with zero attached hydrogens (tertiary/aromatic N) is 3. The van der Waals surface area contributed by atoms with Crippen LogP contribution in [0.15, 0.2) is 23.2 Å². The number of aromatic nitrogens is 1. The Bertz CT molecular complexity index is 1180. The molecule has 0 spiro atoms. The summed E-state index contributed by atoms with van der Waals surface area (Å²) in [6, 6.07) is 5.42. The molecule has 0 saturated carbocycles. The molecule has 0 aliphatic carbocycles. The quantitative estimate of drug-likeness (QED) is 0.549. The number of carbonyl (C=O) groups excluding carboxylic acids is 2. The van der Waals surface area contributed by atoms with E-state index in [1.165, 1.54) is 16.2 Å². The van der Waals surface area contributed by atoms with E-state index in [1.807, 2.05) is 19.1 Å². The predicted octanol–water partition coefficient (Wildman–Crippen LogP) is 0.436. The molecule has 2 heterocycles. The number of hydrogen-bond acceptors (Lipinski definition) is 7. The lowest BCUT2D eigenvalue weighted by molar-refractivity contribution is -0.132. The summed E-state index contributed by atoms with van der Waals surface area (Å²) >= 11 is 1.21. The summed E-state index contributed by atoms with van der Waals surface area (Å²) in [4.78, 5) is 30.3. The largest absolute Gasteiger partial charge is 0.494 e. The maximum Gasteiger partial charge on any atom is 0.263 e. The highest BCUT2D eigenvalue weighted by atomic mass is 32.2. The average Bonchev–Trinajstić information content (AvgIpc) is 3.04. The van der Waals surface area contributed by atoms with E-state index in [4.69, 9.17) is 15.9 Å². The number of ether oxygens (including phenoxy) is 2. The molecule has 0 unspecified atom stereocenters. The molecule has 9 nitrogen and oxygen atoms in total. The molecule has 1 aromatic carbocycles. The van der Waals surface area contributed by atoms with Gasteiger partial charge in [0.2, 0.25) is 5.91 Å². The van der Waals surface area contributed by atoms with Crippen molar-refractivity contribution >= 4 is 43.2 Å². The topological polar surface area (TPSA) is 107 Å². The Balaban J connectivity index is 1.81. The number of amides is 2. The fourth-order valence-electron chi connectivity index (χ4n) is 3.11. The average molecular weight is 466 g/mol. The van der Waals surface area contributed by atoms with E-state index in [9.17, 15) is 18.0 Å². The molecular formula is C20H23N3O6S2. The molecule has 166 valence electrons. The minimum absolute atomic E-state index is 0.169. The van der Waals surface area contributed by atoms with Crippen LogP contribution in [0.1, 0.15) is 6.92 Å². The molecule has 0 N–H and O–H groups in total. The van der Waals surface area contributed by atoms with E-state index in [0.717, 1.165) is 10.2 Å². The van der Waals surface area contributed by atoms with Crippen molar-refractivity contribution in [3.63, 3.8) is 0 Å². The molecule has 3 rings (SSSR count). The summed E-state index contributed by atoms with van der Waals surface area (Å²) < 4.78 is 37.9. The van der Waals surface area contributed by atoms with Crippen LogP contribution in [0.5, 0.6) is 5.75 Å². The number of terminal acetylenes is 1. The molecule has 31 heavy (non-hydrogen) atoms. The van der Waals surface area contributed by atoms with E-state index in [0.29, 0.717) is 43.5 Å². The fourth-order valence-corrected chi connectivity index (χ4v) is 5.29. The van der Waals surface area contributed by atoms with Crippen LogP contribution >= 0.6 is 11.3 Å². The molecule has 11 heteroatoms. The van der Waals surface area contributed by atoms with E-state index in [-0.39, 0.29) is 6.54 Å². The van der Waals surface area contributed by atoms with Crippen molar-refractivity contribution in [1.82, 2.24) is 9.47 Å². The van der Waals surface area contributed by atoms with E-state index in [1.54, 1.807) is 10.6 Å². The lowest BCUT2D eigenvalue weighted by atomic mass is 10.3. The number of sulfone groups is 1. The van der Waals surface area contributed by atoms with Gasteiger partial charge in [0.05, 0.1) is 36.6 Å². The van der Waals surface area contributed by atoms with Crippen molar-refractivity contribution in [2.45, 2.75) is 13.5 Å². The molecule has 1 aromatic heterocycles. The van der Waals surface area contributed by atoms with Crippen LogP contribution in [-0.4, -0.2) is 74.1 Å². The maximum atomic E-state index is 12.4. The number of fused-ring (bicyclic) bond motifs is 1. The first kappa shape index (κ1) is 23.0. The van der Waals surface area contributed by atoms with Crippen molar-refractivity contribution in [3.05, 3.63) is 23.0 Å². The first-order chi connectivity index (χ1) is 14.8. The lowest BCUT2D eigenvalue weighted by Gasteiger charge is -2.26. The Kier molecular flexibility index (Phi) is 7.48. The van der Waals surface area contributed by atoms with Crippen molar-refractivity contribution < 1.29 is 27.5 Å². The second-order valence-electron chi connectivity index (χ2n) is 6.77.